The maximum atomic E-state index is 11.1. The first-order valence-electron chi connectivity index (χ1n) is 3.58. The molecule has 2 rings (SSSR count). The Labute approximate surface area is 54.4 Å². The van der Waals surface area contributed by atoms with Crippen LogP contribution in [-0.4, -0.2) is 11.8 Å². The van der Waals surface area contributed by atoms with E-state index < -0.39 is 0 Å². The molecule has 2 N–H and O–H groups in total. The van der Waals surface area contributed by atoms with Crippen molar-refractivity contribution in [2.24, 2.45) is 17.6 Å². The molecule has 9 heavy (non-hydrogen) atoms. The number of fused-ring (bicyclic) bond motifs is 2. The molecule has 2 heteroatoms. The minimum atomic E-state index is 0.205. The first kappa shape index (κ1) is 5.42. The average Bonchev–Trinajstić information content (AvgIpc) is 2.25. The highest BCUT2D eigenvalue weighted by molar-refractivity contribution is 5.88. The Morgan fingerprint density at radius 1 is 1.44 bits per heavy atom. The fourth-order valence-corrected chi connectivity index (χ4v) is 2.12. The molecule has 0 spiro atoms. The van der Waals surface area contributed by atoms with Crippen LogP contribution >= 0.6 is 0 Å². The zero-order valence-electron chi connectivity index (χ0n) is 5.34. The summed E-state index contributed by atoms with van der Waals surface area (Å²) >= 11 is 0. The quantitative estimate of drug-likeness (QED) is 0.506. The van der Waals surface area contributed by atoms with Crippen molar-refractivity contribution in [2.75, 3.05) is 0 Å². The van der Waals surface area contributed by atoms with Crippen molar-refractivity contribution >= 4 is 5.78 Å². The molecular formula is C7H11NO. The summed E-state index contributed by atoms with van der Waals surface area (Å²) in [7, 11) is 0. The predicted octanol–water partition coefficient (Wildman–Crippen LogP) is 0.313. The Morgan fingerprint density at radius 2 is 2.22 bits per heavy atom. The van der Waals surface area contributed by atoms with E-state index in [9.17, 15) is 4.79 Å². The smallest absolute Gasteiger partial charge is 0.140 e. The summed E-state index contributed by atoms with van der Waals surface area (Å²) in [4.78, 5) is 11.1. The van der Waals surface area contributed by atoms with Crippen LogP contribution in [0.1, 0.15) is 19.3 Å². The van der Waals surface area contributed by atoms with E-state index in [4.69, 9.17) is 5.73 Å². The Morgan fingerprint density at radius 3 is 2.44 bits per heavy atom. The van der Waals surface area contributed by atoms with Crippen LogP contribution in [0.25, 0.3) is 0 Å². The standard InChI is InChI=1S/C7H11NO/c8-6-3-4-1-2-5(6)7(4)9/h4-6H,1-3,8H2/t4-,5-,6-/m1/s1. The van der Waals surface area contributed by atoms with Gasteiger partial charge in [-0.25, -0.2) is 0 Å². The summed E-state index contributed by atoms with van der Waals surface area (Å²) in [6.07, 6.45) is 3.13. The molecule has 50 valence electrons. The van der Waals surface area contributed by atoms with Crippen molar-refractivity contribution < 1.29 is 4.79 Å². The van der Waals surface area contributed by atoms with Gasteiger partial charge < -0.3 is 5.73 Å². The lowest BCUT2D eigenvalue weighted by atomic mass is 9.96. The van der Waals surface area contributed by atoms with Gasteiger partial charge in [0.1, 0.15) is 5.78 Å². The van der Waals surface area contributed by atoms with Gasteiger partial charge in [-0.3, -0.25) is 4.79 Å². The van der Waals surface area contributed by atoms with Crippen LogP contribution in [0.15, 0.2) is 0 Å². The average molecular weight is 125 g/mol. The van der Waals surface area contributed by atoms with Gasteiger partial charge in [0.15, 0.2) is 0 Å². The Balaban J connectivity index is 2.26. The third-order valence-electron chi connectivity index (χ3n) is 2.67. The lowest BCUT2D eigenvalue weighted by Gasteiger charge is -2.13. The molecule has 0 aromatic carbocycles. The number of Topliss-reactive ketones (excluding diaryl/α,β-unsaturated/α-hetero) is 1. The molecule has 2 fully saturated rings. The first-order chi connectivity index (χ1) is 4.29. The molecule has 0 aliphatic heterocycles. The molecule has 0 amide bonds. The minimum absolute atomic E-state index is 0.205. The number of carbonyl (C=O) groups excluding carboxylic acids is 1. The number of ketones is 1. The molecule has 0 heterocycles. The van der Waals surface area contributed by atoms with E-state index in [1.165, 1.54) is 0 Å². The van der Waals surface area contributed by atoms with Gasteiger partial charge in [-0.2, -0.15) is 0 Å². The lowest BCUT2D eigenvalue weighted by molar-refractivity contribution is -0.121. The number of rotatable bonds is 0. The third-order valence-corrected chi connectivity index (χ3v) is 2.67. The molecule has 2 aliphatic rings. The van der Waals surface area contributed by atoms with E-state index in [-0.39, 0.29) is 12.0 Å². The van der Waals surface area contributed by atoms with E-state index in [0.717, 1.165) is 19.3 Å². The zero-order chi connectivity index (χ0) is 6.43. The topological polar surface area (TPSA) is 43.1 Å². The van der Waals surface area contributed by atoms with Gasteiger partial charge in [0.05, 0.1) is 0 Å². The van der Waals surface area contributed by atoms with Gasteiger partial charge in [0.2, 0.25) is 0 Å². The van der Waals surface area contributed by atoms with Crippen LogP contribution in [0.5, 0.6) is 0 Å². The SMILES string of the molecule is N[C@@H]1C[C@H]2CC[C@H]1C2=O. The van der Waals surface area contributed by atoms with Crippen LogP contribution in [0.3, 0.4) is 0 Å². The highest BCUT2D eigenvalue weighted by Gasteiger charge is 2.45. The molecule has 0 unspecified atom stereocenters. The number of hydrogen-bond donors (Lipinski definition) is 1. The summed E-state index contributed by atoms with van der Waals surface area (Å²) in [6.45, 7) is 0. The molecule has 0 aromatic heterocycles. The normalized spacial score (nSPS) is 48.6. The van der Waals surface area contributed by atoms with E-state index in [0.29, 0.717) is 11.7 Å². The maximum Gasteiger partial charge on any atom is 0.140 e. The number of carbonyl (C=O) groups is 1. The largest absolute Gasteiger partial charge is 0.327 e. The summed E-state index contributed by atoms with van der Waals surface area (Å²) in [6, 6.07) is 0.205. The highest BCUT2D eigenvalue weighted by Crippen LogP contribution is 2.40. The van der Waals surface area contributed by atoms with Crippen LogP contribution < -0.4 is 5.73 Å². The van der Waals surface area contributed by atoms with E-state index in [1.807, 2.05) is 0 Å². The molecule has 2 nitrogen and oxygen atoms in total. The van der Waals surface area contributed by atoms with E-state index in [1.54, 1.807) is 0 Å². The first-order valence-corrected chi connectivity index (χ1v) is 3.58. The van der Waals surface area contributed by atoms with Crippen LogP contribution in [0.4, 0.5) is 0 Å². The van der Waals surface area contributed by atoms with Crippen LogP contribution in [-0.2, 0) is 4.79 Å². The zero-order valence-corrected chi connectivity index (χ0v) is 5.34. The number of nitrogens with two attached hydrogens (primary N) is 1. The molecule has 0 saturated heterocycles. The second-order valence-corrected chi connectivity index (χ2v) is 3.18. The fourth-order valence-electron chi connectivity index (χ4n) is 2.12. The van der Waals surface area contributed by atoms with E-state index >= 15 is 0 Å². The van der Waals surface area contributed by atoms with Gasteiger partial charge in [0, 0.05) is 17.9 Å². The second kappa shape index (κ2) is 1.57. The monoisotopic (exact) mass is 125 g/mol. The third kappa shape index (κ3) is 0.568. The Bertz CT molecular complexity index is 155. The summed E-state index contributed by atoms with van der Waals surface area (Å²) in [5.41, 5.74) is 5.69. The van der Waals surface area contributed by atoms with Gasteiger partial charge in [-0.05, 0) is 19.3 Å². The van der Waals surface area contributed by atoms with Crippen molar-refractivity contribution in [3.05, 3.63) is 0 Å². The molecule has 2 saturated carbocycles. The molecule has 0 radical (unpaired) electrons. The van der Waals surface area contributed by atoms with Gasteiger partial charge in [-0.1, -0.05) is 0 Å². The minimum Gasteiger partial charge on any atom is -0.327 e. The second-order valence-electron chi connectivity index (χ2n) is 3.18. The van der Waals surface area contributed by atoms with Gasteiger partial charge >= 0.3 is 0 Å². The molecule has 0 aromatic rings. The van der Waals surface area contributed by atoms with Crippen LogP contribution in [0.2, 0.25) is 0 Å². The highest BCUT2D eigenvalue weighted by atomic mass is 16.1. The van der Waals surface area contributed by atoms with Crippen molar-refractivity contribution in [2.45, 2.75) is 25.3 Å². The maximum absolute atomic E-state index is 11.1. The summed E-state index contributed by atoms with van der Waals surface area (Å²) in [5.74, 6) is 1.04. The molecular weight excluding hydrogens is 114 g/mol. The fraction of sp³-hybridized carbons (Fsp3) is 0.857. The Kier molecular flexibility index (Phi) is 0.943. The van der Waals surface area contributed by atoms with E-state index in [2.05, 4.69) is 0 Å². The predicted molar refractivity (Wildman–Crippen MR) is 33.8 cm³/mol. The molecule has 2 aliphatic carbocycles. The van der Waals surface area contributed by atoms with Gasteiger partial charge in [-0.15, -0.1) is 0 Å². The Hall–Kier alpha value is -0.370. The van der Waals surface area contributed by atoms with Crippen molar-refractivity contribution in [3.63, 3.8) is 0 Å². The molecule has 3 atom stereocenters. The molecule has 2 bridgehead atoms. The van der Waals surface area contributed by atoms with Crippen LogP contribution in [0, 0.1) is 11.8 Å². The van der Waals surface area contributed by atoms with Crippen molar-refractivity contribution in [1.82, 2.24) is 0 Å². The summed E-state index contributed by atoms with van der Waals surface area (Å²) < 4.78 is 0. The van der Waals surface area contributed by atoms with Gasteiger partial charge in [0.25, 0.3) is 0 Å². The lowest BCUT2D eigenvalue weighted by Crippen LogP contribution is -2.27. The van der Waals surface area contributed by atoms with Crippen molar-refractivity contribution in [3.8, 4) is 0 Å². The summed E-state index contributed by atoms with van der Waals surface area (Å²) in [5, 5.41) is 0. The van der Waals surface area contributed by atoms with Crippen molar-refractivity contribution in [1.29, 1.82) is 0 Å². The number of hydrogen-bond acceptors (Lipinski definition) is 2.